The van der Waals surface area contributed by atoms with Crippen molar-refractivity contribution in [3.05, 3.63) is 52.8 Å². The number of rotatable bonds is 8. The standard InChI is InChI=1S/C25H37N5O/c1-20-24(21(2)30(27-20)17-22-10-5-3-6-11-22)16-26-25(31)19-29-15-9-12-23(29)18-28-13-7-4-8-14-28/h3,5-6,10-11,23H,4,7-9,12-19H2,1-2H3,(H,26,31). The molecule has 3 heterocycles. The highest BCUT2D eigenvalue weighted by Crippen LogP contribution is 2.20. The van der Waals surface area contributed by atoms with Crippen molar-refractivity contribution in [3.63, 3.8) is 0 Å². The maximum absolute atomic E-state index is 12.7. The van der Waals surface area contributed by atoms with Gasteiger partial charge < -0.3 is 10.2 Å². The molecule has 2 fully saturated rings. The van der Waals surface area contributed by atoms with Crippen LogP contribution in [0.25, 0.3) is 0 Å². The molecule has 2 saturated heterocycles. The quantitative estimate of drug-likeness (QED) is 0.709. The van der Waals surface area contributed by atoms with Crippen molar-refractivity contribution in [2.24, 2.45) is 0 Å². The summed E-state index contributed by atoms with van der Waals surface area (Å²) in [6.45, 7) is 10.6. The predicted octanol–water partition coefficient (Wildman–Crippen LogP) is 3.11. The van der Waals surface area contributed by atoms with Crippen LogP contribution in [-0.4, -0.2) is 64.3 Å². The van der Waals surface area contributed by atoms with Crippen molar-refractivity contribution in [1.82, 2.24) is 24.9 Å². The van der Waals surface area contributed by atoms with E-state index in [1.165, 1.54) is 50.8 Å². The summed E-state index contributed by atoms with van der Waals surface area (Å²) in [7, 11) is 0. The van der Waals surface area contributed by atoms with E-state index in [4.69, 9.17) is 5.10 Å². The monoisotopic (exact) mass is 423 g/mol. The number of carbonyl (C=O) groups is 1. The Kier molecular flexibility index (Phi) is 7.41. The van der Waals surface area contributed by atoms with Gasteiger partial charge in [-0.25, -0.2) is 0 Å². The molecule has 1 amide bonds. The van der Waals surface area contributed by atoms with Crippen molar-refractivity contribution < 1.29 is 4.79 Å². The molecule has 0 radical (unpaired) electrons. The Bertz CT molecular complexity index is 856. The topological polar surface area (TPSA) is 53.4 Å². The van der Waals surface area contributed by atoms with E-state index in [0.717, 1.165) is 36.6 Å². The molecule has 2 aromatic rings. The number of hydrogen-bond donors (Lipinski definition) is 1. The van der Waals surface area contributed by atoms with Crippen LogP contribution in [-0.2, 0) is 17.9 Å². The lowest BCUT2D eigenvalue weighted by atomic mass is 10.1. The van der Waals surface area contributed by atoms with Crippen LogP contribution in [0, 0.1) is 13.8 Å². The SMILES string of the molecule is Cc1nn(Cc2ccccc2)c(C)c1CNC(=O)CN1CCCC1CN1CCCCC1. The first kappa shape index (κ1) is 22.0. The Morgan fingerprint density at radius 3 is 2.61 bits per heavy atom. The van der Waals surface area contributed by atoms with Gasteiger partial charge in [-0.05, 0) is 64.7 Å². The molecular weight excluding hydrogens is 386 g/mol. The zero-order valence-electron chi connectivity index (χ0n) is 19.1. The van der Waals surface area contributed by atoms with Gasteiger partial charge in [0.2, 0.25) is 5.91 Å². The fourth-order valence-electron chi connectivity index (χ4n) is 5.08. The van der Waals surface area contributed by atoms with Crippen LogP contribution in [0.3, 0.4) is 0 Å². The minimum Gasteiger partial charge on any atom is -0.351 e. The smallest absolute Gasteiger partial charge is 0.234 e. The Morgan fingerprint density at radius 1 is 1.06 bits per heavy atom. The number of likely N-dealkylation sites (tertiary alicyclic amines) is 2. The lowest BCUT2D eigenvalue weighted by molar-refractivity contribution is -0.122. The van der Waals surface area contributed by atoms with E-state index < -0.39 is 0 Å². The maximum atomic E-state index is 12.7. The second kappa shape index (κ2) is 10.4. The van der Waals surface area contributed by atoms with Crippen LogP contribution >= 0.6 is 0 Å². The van der Waals surface area contributed by atoms with Crippen LogP contribution in [0.1, 0.15) is 54.6 Å². The van der Waals surface area contributed by atoms with Gasteiger partial charge in [-0.15, -0.1) is 0 Å². The zero-order valence-corrected chi connectivity index (χ0v) is 19.1. The molecule has 0 aliphatic carbocycles. The van der Waals surface area contributed by atoms with E-state index in [0.29, 0.717) is 19.1 Å². The fraction of sp³-hybridized carbons (Fsp3) is 0.600. The molecule has 2 aliphatic heterocycles. The molecule has 6 heteroatoms. The van der Waals surface area contributed by atoms with Crippen molar-refractivity contribution >= 4 is 5.91 Å². The molecule has 31 heavy (non-hydrogen) atoms. The molecule has 1 aromatic carbocycles. The minimum atomic E-state index is 0.125. The van der Waals surface area contributed by atoms with Gasteiger partial charge in [0, 0.05) is 30.4 Å². The summed E-state index contributed by atoms with van der Waals surface area (Å²) < 4.78 is 2.04. The first-order chi connectivity index (χ1) is 15.1. The molecule has 0 spiro atoms. The number of hydrogen-bond acceptors (Lipinski definition) is 4. The summed E-state index contributed by atoms with van der Waals surface area (Å²) in [6, 6.07) is 10.9. The summed E-state index contributed by atoms with van der Waals surface area (Å²) in [6.07, 6.45) is 6.44. The molecule has 1 atom stereocenters. The molecule has 0 saturated carbocycles. The van der Waals surface area contributed by atoms with E-state index in [-0.39, 0.29) is 5.91 Å². The normalized spacial score (nSPS) is 20.3. The number of benzene rings is 1. The molecule has 6 nitrogen and oxygen atoms in total. The second-order valence-electron chi connectivity index (χ2n) is 9.20. The molecule has 4 rings (SSSR count). The summed E-state index contributed by atoms with van der Waals surface area (Å²) >= 11 is 0. The van der Waals surface area contributed by atoms with E-state index in [2.05, 4.69) is 46.3 Å². The number of nitrogens with one attached hydrogen (secondary N) is 1. The van der Waals surface area contributed by atoms with Gasteiger partial charge in [-0.3, -0.25) is 14.4 Å². The number of nitrogens with zero attached hydrogens (tertiary/aromatic N) is 4. The van der Waals surface area contributed by atoms with E-state index in [1.807, 2.05) is 17.7 Å². The largest absolute Gasteiger partial charge is 0.351 e. The zero-order chi connectivity index (χ0) is 21.6. The lowest BCUT2D eigenvalue weighted by Crippen LogP contribution is -2.45. The fourth-order valence-corrected chi connectivity index (χ4v) is 5.08. The van der Waals surface area contributed by atoms with E-state index >= 15 is 0 Å². The van der Waals surface area contributed by atoms with Crippen LogP contribution in [0.4, 0.5) is 0 Å². The number of piperidine rings is 1. The number of aryl methyl sites for hydroxylation is 1. The van der Waals surface area contributed by atoms with Gasteiger partial charge in [-0.2, -0.15) is 5.10 Å². The van der Waals surface area contributed by atoms with Gasteiger partial charge >= 0.3 is 0 Å². The highest BCUT2D eigenvalue weighted by Gasteiger charge is 2.28. The number of amides is 1. The molecule has 168 valence electrons. The van der Waals surface area contributed by atoms with Crippen molar-refractivity contribution in [2.75, 3.05) is 32.7 Å². The minimum absolute atomic E-state index is 0.125. The molecule has 1 unspecified atom stereocenters. The Morgan fingerprint density at radius 2 is 1.84 bits per heavy atom. The highest BCUT2D eigenvalue weighted by molar-refractivity contribution is 5.78. The van der Waals surface area contributed by atoms with Crippen molar-refractivity contribution in [1.29, 1.82) is 0 Å². The molecule has 1 aromatic heterocycles. The van der Waals surface area contributed by atoms with Crippen LogP contribution in [0.5, 0.6) is 0 Å². The summed E-state index contributed by atoms with van der Waals surface area (Å²) in [4.78, 5) is 17.7. The summed E-state index contributed by atoms with van der Waals surface area (Å²) in [5, 5.41) is 7.87. The average Bonchev–Trinajstić information content (AvgIpc) is 3.31. The van der Waals surface area contributed by atoms with Gasteiger partial charge in [0.05, 0.1) is 18.8 Å². The average molecular weight is 424 g/mol. The van der Waals surface area contributed by atoms with Crippen LogP contribution in [0.2, 0.25) is 0 Å². The first-order valence-corrected chi connectivity index (χ1v) is 11.9. The predicted molar refractivity (Wildman–Crippen MR) is 124 cm³/mol. The van der Waals surface area contributed by atoms with Gasteiger partial charge in [0.25, 0.3) is 0 Å². The molecule has 1 N–H and O–H groups in total. The summed E-state index contributed by atoms with van der Waals surface area (Å²) in [5.41, 5.74) is 4.50. The molecule has 2 aliphatic rings. The Balaban J connectivity index is 1.29. The van der Waals surface area contributed by atoms with Crippen LogP contribution in [0.15, 0.2) is 30.3 Å². The van der Waals surface area contributed by atoms with Crippen LogP contribution < -0.4 is 5.32 Å². The van der Waals surface area contributed by atoms with E-state index in [9.17, 15) is 4.79 Å². The summed E-state index contributed by atoms with van der Waals surface area (Å²) in [5.74, 6) is 0.125. The highest BCUT2D eigenvalue weighted by atomic mass is 16.2. The van der Waals surface area contributed by atoms with Gasteiger partial charge in [0.15, 0.2) is 0 Å². The van der Waals surface area contributed by atoms with Gasteiger partial charge in [-0.1, -0.05) is 36.8 Å². The van der Waals surface area contributed by atoms with E-state index in [1.54, 1.807) is 0 Å². The second-order valence-corrected chi connectivity index (χ2v) is 9.20. The molecular formula is C25H37N5O. The maximum Gasteiger partial charge on any atom is 0.234 e. The van der Waals surface area contributed by atoms with Crippen molar-refractivity contribution in [3.8, 4) is 0 Å². The third kappa shape index (κ3) is 5.74. The Labute approximate surface area is 186 Å². The first-order valence-electron chi connectivity index (χ1n) is 11.9. The third-order valence-corrected chi connectivity index (χ3v) is 6.93. The third-order valence-electron chi connectivity index (χ3n) is 6.93. The van der Waals surface area contributed by atoms with Gasteiger partial charge in [0.1, 0.15) is 0 Å². The molecule has 0 bridgehead atoms. The van der Waals surface area contributed by atoms with Crippen molar-refractivity contribution in [2.45, 2.75) is 65.1 Å². The lowest BCUT2D eigenvalue weighted by Gasteiger charge is -2.32. The Hall–Kier alpha value is -2.18. The number of carbonyl (C=O) groups excluding carboxylic acids is 1. The number of aromatic nitrogens is 2.